The van der Waals surface area contributed by atoms with E-state index in [-0.39, 0.29) is 25.5 Å². The number of aliphatic hydroxyl groups is 2. The second-order valence-corrected chi connectivity index (χ2v) is 4.10. The van der Waals surface area contributed by atoms with Crippen molar-refractivity contribution in [2.24, 2.45) is 0 Å². The Morgan fingerprint density at radius 2 is 1.89 bits per heavy atom. The van der Waals surface area contributed by atoms with E-state index in [0.29, 0.717) is 25.3 Å². The van der Waals surface area contributed by atoms with E-state index in [2.05, 4.69) is 5.32 Å². The summed E-state index contributed by atoms with van der Waals surface area (Å²) in [5.41, 5.74) is 0.417. The fourth-order valence-electron chi connectivity index (χ4n) is 1.67. The standard InChI is InChI=1S/C13H19FN2O3/c14-11-2-1-3-12(10-11)15-13(19)4-5-16(6-8-17)7-9-18/h1-3,10,17-18H,4-9H2,(H,15,19). The molecule has 19 heavy (non-hydrogen) atoms. The summed E-state index contributed by atoms with van der Waals surface area (Å²) in [6.45, 7) is 1.21. The molecule has 0 unspecified atom stereocenters. The lowest BCUT2D eigenvalue weighted by molar-refractivity contribution is -0.116. The Balaban J connectivity index is 2.38. The Hall–Kier alpha value is -1.50. The molecule has 5 nitrogen and oxygen atoms in total. The van der Waals surface area contributed by atoms with E-state index in [1.165, 1.54) is 18.2 Å². The Kier molecular flexibility index (Phi) is 7.02. The number of anilines is 1. The molecule has 106 valence electrons. The molecule has 0 bridgehead atoms. The predicted molar refractivity (Wildman–Crippen MR) is 70.3 cm³/mol. The minimum absolute atomic E-state index is 0.0223. The van der Waals surface area contributed by atoms with Gasteiger partial charge in [-0.3, -0.25) is 9.69 Å². The van der Waals surface area contributed by atoms with Gasteiger partial charge >= 0.3 is 0 Å². The van der Waals surface area contributed by atoms with E-state index in [4.69, 9.17) is 10.2 Å². The number of nitrogens with one attached hydrogen (secondary N) is 1. The lowest BCUT2D eigenvalue weighted by Crippen LogP contribution is -2.32. The fraction of sp³-hybridized carbons (Fsp3) is 0.462. The number of halogens is 1. The van der Waals surface area contributed by atoms with Gasteiger partial charge in [0.05, 0.1) is 13.2 Å². The Labute approximate surface area is 111 Å². The highest BCUT2D eigenvalue weighted by Crippen LogP contribution is 2.09. The molecule has 1 rings (SSSR count). The molecule has 0 radical (unpaired) electrons. The SMILES string of the molecule is O=C(CCN(CCO)CCO)Nc1cccc(F)c1. The van der Waals surface area contributed by atoms with E-state index in [0.717, 1.165) is 0 Å². The number of amides is 1. The number of aliphatic hydroxyl groups excluding tert-OH is 2. The number of rotatable bonds is 8. The molecule has 0 saturated heterocycles. The molecule has 6 heteroatoms. The van der Waals surface area contributed by atoms with Gasteiger partial charge in [-0.15, -0.1) is 0 Å². The van der Waals surface area contributed by atoms with Gasteiger partial charge in [-0.1, -0.05) is 6.07 Å². The lowest BCUT2D eigenvalue weighted by Gasteiger charge is -2.19. The van der Waals surface area contributed by atoms with Crippen LogP contribution in [0.4, 0.5) is 10.1 Å². The third-order valence-electron chi connectivity index (χ3n) is 2.60. The monoisotopic (exact) mass is 270 g/mol. The third kappa shape index (κ3) is 6.28. The summed E-state index contributed by atoms with van der Waals surface area (Å²) in [7, 11) is 0. The predicted octanol–water partition coefficient (Wildman–Crippen LogP) is 0.441. The Morgan fingerprint density at radius 1 is 1.21 bits per heavy atom. The number of benzene rings is 1. The molecule has 1 aromatic carbocycles. The van der Waals surface area contributed by atoms with Crippen LogP contribution in [0.2, 0.25) is 0 Å². The minimum Gasteiger partial charge on any atom is -0.395 e. The van der Waals surface area contributed by atoms with Crippen LogP contribution in [0.5, 0.6) is 0 Å². The Morgan fingerprint density at radius 3 is 2.47 bits per heavy atom. The molecule has 1 aromatic rings. The summed E-state index contributed by atoms with van der Waals surface area (Å²) in [4.78, 5) is 13.4. The van der Waals surface area contributed by atoms with Gasteiger partial charge in [-0.2, -0.15) is 0 Å². The van der Waals surface area contributed by atoms with Gasteiger partial charge in [0.15, 0.2) is 0 Å². The van der Waals surface area contributed by atoms with Crippen molar-refractivity contribution in [3.8, 4) is 0 Å². The highest BCUT2D eigenvalue weighted by Gasteiger charge is 2.08. The maximum atomic E-state index is 12.9. The van der Waals surface area contributed by atoms with Crippen LogP contribution in [0.25, 0.3) is 0 Å². The quantitative estimate of drug-likeness (QED) is 0.641. The lowest BCUT2D eigenvalue weighted by atomic mass is 10.3. The van der Waals surface area contributed by atoms with Crippen molar-refractivity contribution >= 4 is 11.6 Å². The third-order valence-corrected chi connectivity index (χ3v) is 2.60. The molecule has 0 atom stereocenters. The average molecular weight is 270 g/mol. The van der Waals surface area contributed by atoms with Gasteiger partial charge in [0.25, 0.3) is 0 Å². The van der Waals surface area contributed by atoms with Crippen LogP contribution >= 0.6 is 0 Å². The van der Waals surface area contributed by atoms with Gasteiger partial charge in [0.2, 0.25) is 5.91 Å². The summed E-state index contributed by atoms with van der Waals surface area (Å²) in [6, 6.07) is 5.69. The van der Waals surface area contributed by atoms with Gasteiger partial charge in [0.1, 0.15) is 5.82 Å². The molecule has 1 amide bonds. The van der Waals surface area contributed by atoms with Gasteiger partial charge in [-0.05, 0) is 18.2 Å². The van der Waals surface area contributed by atoms with Crippen molar-refractivity contribution in [1.82, 2.24) is 4.90 Å². The summed E-state index contributed by atoms with van der Waals surface area (Å²) in [5.74, 6) is -0.633. The molecule has 0 spiro atoms. The maximum absolute atomic E-state index is 12.9. The molecule has 0 heterocycles. The molecule has 0 fully saturated rings. The largest absolute Gasteiger partial charge is 0.395 e. The van der Waals surface area contributed by atoms with Crippen molar-refractivity contribution in [2.75, 3.05) is 38.2 Å². The molecule has 3 N–H and O–H groups in total. The van der Waals surface area contributed by atoms with E-state index in [1.807, 2.05) is 0 Å². The van der Waals surface area contributed by atoms with Gasteiger partial charge < -0.3 is 15.5 Å². The van der Waals surface area contributed by atoms with E-state index < -0.39 is 5.82 Å². The van der Waals surface area contributed by atoms with E-state index in [9.17, 15) is 9.18 Å². The van der Waals surface area contributed by atoms with Crippen LogP contribution in [0.3, 0.4) is 0 Å². The molecular weight excluding hydrogens is 251 g/mol. The van der Waals surface area contributed by atoms with Crippen molar-refractivity contribution in [1.29, 1.82) is 0 Å². The summed E-state index contributed by atoms with van der Waals surface area (Å²) < 4.78 is 12.9. The minimum atomic E-state index is -0.403. The molecule has 0 saturated carbocycles. The highest BCUT2D eigenvalue weighted by molar-refractivity contribution is 5.90. The van der Waals surface area contributed by atoms with E-state index in [1.54, 1.807) is 11.0 Å². The first-order valence-corrected chi connectivity index (χ1v) is 6.15. The first-order chi connectivity index (χ1) is 9.15. The smallest absolute Gasteiger partial charge is 0.225 e. The zero-order valence-electron chi connectivity index (χ0n) is 10.7. The van der Waals surface area contributed by atoms with Crippen LogP contribution < -0.4 is 5.32 Å². The number of carbonyl (C=O) groups excluding carboxylic acids is 1. The maximum Gasteiger partial charge on any atom is 0.225 e. The van der Waals surface area contributed by atoms with Crippen molar-refractivity contribution in [2.45, 2.75) is 6.42 Å². The average Bonchev–Trinajstić information content (AvgIpc) is 2.36. The zero-order valence-corrected chi connectivity index (χ0v) is 10.7. The van der Waals surface area contributed by atoms with Crippen molar-refractivity contribution in [3.63, 3.8) is 0 Å². The Bertz CT molecular complexity index is 395. The van der Waals surface area contributed by atoms with Crippen LogP contribution in [-0.2, 0) is 4.79 Å². The normalized spacial score (nSPS) is 10.7. The number of carbonyl (C=O) groups is 1. The highest BCUT2D eigenvalue weighted by atomic mass is 19.1. The summed E-state index contributed by atoms with van der Waals surface area (Å²) in [6.07, 6.45) is 0.219. The molecule has 0 aliphatic carbocycles. The van der Waals surface area contributed by atoms with Crippen LogP contribution in [0.15, 0.2) is 24.3 Å². The first kappa shape index (κ1) is 15.6. The van der Waals surface area contributed by atoms with Crippen molar-refractivity contribution < 1.29 is 19.4 Å². The first-order valence-electron chi connectivity index (χ1n) is 6.15. The molecule has 0 aliphatic rings. The summed E-state index contributed by atoms with van der Waals surface area (Å²) in [5, 5.41) is 20.2. The van der Waals surface area contributed by atoms with Crippen molar-refractivity contribution in [3.05, 3.63) is 30.1 Å². The molecule has 0 aliphatic heterocycles. The number of nitrogens with zero attached hydrogens (tertiary/aromatic N) is 1. The summed E-state index contributed by atoms with van der Waals surface area (Å²) >= 11 is 0. The van der Waals surface area contributed by atoms with Crippen LogP contribution in [0, 0.1) is 5.82 Å². The zero-order chi connectivity index (χ0) is 14.1. The topological polar surface area (TPSA) is 72.8 Å². The number of hydrogen-bond acceptors (Lipinski definition) is 4. The van der Waals surface area contributed by atoms with Crippen LogP contribution in [0.1, 0.15) is 6.42 Å². The number of hydrogen-bond donors (Lipinski definition) is 3. The second-order valence-electron chi connectivity index (χ2n) is 4.10. The second kappa shape index (κ2) is 8.58. The van der Waals surface area contributed by atoms with Gasteiger partial charge in [0, 0.05) is 31.7 Å². The van der Waals surface area contributed by atoms with E-state index >= 15 is 0 Å². The fourth-order valence-corrected chi connectivity index (χ4v) is 1.67. The molecular formula is C13H19FN2O3. The van der Waals surface area contributed by atoms with Crippen LogP contribution in [-0.4, -0.2) is 53.9 Å². The van der Waals surface area contributed by atoms with Gasteiger partial charge in [-0.25, -0.2) is 4.39 Å². The molecule has 0 aromatic heterocycles.